The zero-order chi connectivity index (χ0) is 14.1. The lowest BCUT2D eigenvalue weighted by molar-refractivity contribution is -0.122. The van der Waals surface area contributed by atoms with Gasteiger partial charge in [0.05, 0.1) is 13.2 Å². The van der Waals surface area contributed by atoms with Crippen LogP contribution < -0.4 is 21.3 Å². The Bertz CT molecular complexity index is 459. The Morgan fingerprint density at radius 3 is 2.95 bits per heavy atom. The summed E-state index contributed by atoms with van der Waals surface area (Å²) in [6.45, 7) is 1.54. The van der Waals surface area contributed by atoms with E-state index in [4.69, 9.17) is 15.2 Å². The molecular formula is C12H19N3O4. The molecule has 1 amide bonds. The number of hydrogen-bond acceptors (Lipinski definition) is 5. The predicted octanol–water partition coefficient (Wildman–Crippen LogP) is -1.05. The largest absolute Gasteiger partial charge is 0.478 e. The molecule has 0 spiro atoms. The molecule has 1 aromatic heterocycles. The number of rotatable bonds is 8. The van der Waals surface area contributed by atoms with Gasteiger partial charge in [-0.3, -0.25) is 9.59 Å². The molecule has 0 unspecified atom stereocenters. The Hall–Kier alpha value is -1.86. The molecular weight excluding hydrogens is 250 g/mol. The molecule has 1 aromatic rings. The van der Waals surface area contributed by atoms with Crippen molar-refractivity contribution in [2.75, 3.05) is 33.4 Å². The van der Waals surface area contributed by atoms with Crippen molar-refractivity contribution in [1.82, 2.24) is 9.88 Å². The number of ether oxygens (including phenoxy) is 2. The predicted molar refractivity (Wildman–Crippen MR) is 70.1 cm³/mol. The van der Waals surface area contributed by atoms with E-state index >= 15 is 0 Å². The zero-order valence-electron chi connectivity index (χ0n) is 10.9. The molecule has 0 aromatic carbocycles. The second-order valence-electron chi connectivity index (χ2n) is 3.73. The number of aromatic nitrogens is 1. The molecule has 0 radical (unpaired) electrons. The third-order valence-corrected chi connectivity index (χ3v) is 2.36. The van der Waals surface area contributed by atoms with Crippen LogP contribution >= 0.6 is 0 Å². The van der Waals surface area contributed by atoms with Crippen LogP contribution in [0.15, 0.2) is 23.1 Å². The van der Waals surface area contributed by atoms with Crippen LogP contribution in [0.3, 0.4) is 0 Å². The smallest absolute Gasteiger partial charge is 0.292 e. The second-order valence-corrected chi connectivity index (χ2v) is 3.73. The molecule has 0 bridgehead atoms. The number of nitrogens with two attached hydrogens (primary N) is 1. The third-order valence-electron chi connectivity index (χ3n) is 2.36. The van der Waals surface area contributed by atoms with Gasteiger partial charge in [-0.25, -0.2) is 0 Å². The average molecular weight is 269 g/mol. The molecule has 0 atom stereocenters. The lowest BCUT2D eigenvalue weighted by atomic mass is 10.4. The summed E-state index contributed by atoms with van der Waals surface area (Å²) in [4.78, 5) is 23.0. The van der Waals surface area contributed by atoms with Crippen molar-refractivity contribution in [3.05, 3.63) is 28.7 Å². The van der Waals surface area contributed by atoms with Crippen LogP contribution in [-0.2, 0) is 16.1 Å². The van der Waals surface area contributed by atoms with Crippen LogP contribution in [0.2, 0.25) is 0 Å². The highest BCUT2D eigenvalue weighted by atomic mass is 16.5. The van der Waals surface area contributed by atoms with Gasteiger partial charge in [0.1, 0.15) is 0 Å². The number of nitrogens with one attached hydrogen (secondary N) is 1. The van der Waals surface area contributed by atoms with E-state index in [-0.39, 0.29) is 23.8 Å². The zero-order valence-corrected chi connectivity index (χ0v) is 10.9. The van der Waals surface area contributed by atoms with Gasteiger partial charge in [-0.15, -0.1) is 0 Å². The first-order chi connectivity index (χ1) is 9.19. The van der Waals surface area contributed by atoms with Gasteiger partial charge in [-0.05, 0) is 12.1 Å². The molecule has 1 rings (SSSR count). The molecule has 0 aliphatic carbocycles. The fraction of sp³-hybridized carbons (Fsp3) is 0.500. The topological polar surface area (TPSA) is 95.6 Å². The van der Waals surface area contributed by atoms with Crippen molar-refractivity contribution >= 4 is 5.91 Å². The molecule has 19 heavy (non-hydrogen) atoms. The van der Waals surface area contributed by atoms with Gasteiger partial charge in [0.15, 0.2) is 12.4 Å². The van der Waals surface area contributed by atoms with Crippen molar-refractivity contribution < 1.29 is 14.3 Å². The Labute approximate surface area is 111 Å². The number of nitrogens with zero attached hydrogens (tertiary/aromatic N) is 1. The Balaban J connectivity index is 2.59. The summed E-state index contributed by atoms with van der Waals surface area (Å²) in [7, 11) is 1.50. The number of pyridine rings is 1. The number of likely N-dealkylation sites (N-methyl/N-ethyl adjacent to an activating group) is 1. The Kier molecular flexibility index (Phi) is 6.62. The highest BCUT2D eigenvalue weighted by Crippen LogP contribution is 2.01. The summed E-state index contributed by atoms with van der Waals surface area (Å²) in [5.74, 6) is -0.147. The normalized spacial score (nSPS) is 10.2. The van der Waals surface area contributed by atoms with E-state index in [1.54, 1.807) is 12.3 Å². The Morgan fingerprint density at radius 2 is 2.26 bits per heavy atom. The van der Waals surface area contributed by atoms with E-state index in [2.05, 4.69) is 5.32 Å². The molecule has 0 fully saturated rings. The van der Waals surface area contributed by atoms with Gasteiger partial charge in [-0.1, -0.05) is 0 Å². The lowest BCUT2D eigenvalue weighted by Crippen LogP contribution is -2.28. The van der Waals surface area contributed by atoms with Gasteiger partial charge < -0.3 is 25.1 Å². The highest BCUT2D eigenvalue weighted by molar-refractivity contribution is 5.77. The van der Waals surface area contributed by atoms with Crippen LogP contribution in [0, 0.1) is 0 Å². The highest BCUT2D eigenvalue weighted by Gasteiger charge is 2.06. The molecule has 3 N–H and O–H groups in total. The molecule has 0 aliphatic rings. The lowest BCUT2D eigenvalue weighted by Gasteiger charge is -2.09. The minimum Gasteiger partial charge on any atom is -0.478 e. The van der Waals surface area contributed by atoms with Crippen LogP contribution in [0.25, 0.3) is 0 Å². The number of amides is 1. The van der Waals surface area contributed by atoms with Crippen LogP contribution in [0.4, 0.5) is 0 Å². The van der Waals surface area contributed by atoms with Gasteiger partial charge in [0, 0.05) is 26.3 Å². The van der Waals surface area contributed by atoms with Gasteiger partial charge >= 0.3 is 0 Å². The van der Waals surface area contributed by atoms with E-state index in [0.717, 1.165) is 0 Å². The minimum absolute atomic E-state index is 0.143. The maximum atomic E-state index is 12.0. The molecule has 0 saturated carbocycles. The van der Waals surface area contributed by atoms with Gasteiger partial charge in [0.2, 0.25) is 0 Å². The molecule has 7 heteroatoms. The number of hydrogen-bond donors (Lipinski definition) is 2. The van der Waals surface area contributed by atoms with Gasteiger partial charge in [-0.2, -0.15) is 0 Å². The fourth-order valence-corrected chi connectivity index (χ4v) is 1.36. The summed E-state index contributed by atoms with van der Waals surface area (Å²) >= 11 is 0. The van der Waals surface area contributed by atoms with Crippen LogP contribution in [0.5, 0.6) is 5.75 Å². The number of carbonyl (C=O) groups excluding carboxylic acids is 1. The summed E-state index contributed by atoms with van der Waals surface area (Å²) < 4.78 is 11.8. The van der Waals surface area contributed by atoms with Crippen LogP contribution in [-0.4, -0.2) is 43.9 Å². The maximum absolute atomic E-state index is 12.0. The number of carbonyl (C=O) groups is 1. The van der Waals surface area contributed by atoms with Crippen molar-refractivity contribution in [2.45, 2.75) is 6.54 Å². The van der Waals surface area contributed by atoms with Crippen molar-refractivity contribution in [1.29, 1.82) is 0 Å². The molecule has 0 aliphatic heterocycles. The van der Waals surface area contributed by atoms with E-state index < -0.39 is 0 Å². The summed E-state index contributed by atoms with van der Waals surface area (Å²) in [6, 6.07) is 3.21. The molecule has 0 saturated heterocycles. The Morgan fingerprint density at radius 1 is 1.47 bits per heavy atom. The summed E-state index contributed by atoms with van der Waals surface area (Å²) in [6.07, 6.45) is 1.64. The van der Waals surface area contributed by atoms with Gasteiger partial charge in [0.25, 0.3) is 11.5 Å². The van der Waals surface area contributed by atoms with E-state index in [9.17, 15) is 9.59 Å². The van der Waals surface area contributed by atoms with Crippen molar-refractivity contribution in [3.63, 3.8) is 0 Å². The maximum Gasteiger partial charge on any atom is 0.292 e. The van der Waals surface area contributed by atoms with Crippen molar-refractivity contribution in [3.8, 4) is 5.75 Å². The molecule has 106 valence electrons. The fourth-order valence-electron chi connectivity index (χ4n) is 1.36. The standard InChI is InChI=1S/C12H19N3O4/c1-14-11(16)9-19-10-3-2-5-15(12(10)17)6-8-18-7-4-13/h2-3,5H,4,6-9,13H2,1H3,(H,14,16). The summed E-state index contributed by atoms with van der Waals surface area (Å²) in [5.41, 5.74) is 5.00. The van der Waals surface area contributed by atoms with E-state index in [1.807, 2.05) is 0 Å². The van der Waals surface area contributed by atoms with E-state index in [1.165, 1.54) is 17.7 Å². The van der Waals surface area contributed by atoms with Crippen molar-refractivity contribution in [2.24, 2.45) is 5.73 Å². The van der Waals surface area contributed by atoms with Crippen LogP contribution in [0.1, 0.15) is 0 Å². The first-order valence-electron chi connectivity index (χ1n) is 5.99. The van der Waals surface area contributed by atoms with E-state index in [0.29, 0.717) is 26.3 Å². The average Bonchev–Trinajstić information content (AvgIpc) is 2.43. The first-order valence-corrected chi connectivity index (χ1v) is 5.99. The SMILES string of the molecule is CNC(=O)COc1cccn(CCOCCN)c1=O. The third kappa shape index (κ3) is 5.11. The second kappa shape index (κ2) is 8.28. The summed E-state index contributed by atoms with van der Waals surface area (Å²) in [5, 5.41) is 2.41. The molecule has 1 heterocycles. The first kappa shape index (κ1) is 15.2. The quantitative estimate of drug-likeness (QED) is 0.587. The monoisotopic (exact) mass is 269 g/mol. The minimum atomic E-state index is -0.291. The molecule has 7 nitrogen and oxygen atoms in total.